The number of hydrogen-bond acceptors (Lipinski definition) is 2. The number of phenols is 1. The number of phenolic OH excluding ortho intramolecular Hbond substituents is 1. The molecule has 0 saturated heterocycles. The minimum Gasteiger partial charge on any atom is -0.507 e. The molecule has 3 aromatic carbocycles. The van der Waals surface area contributed by atoms with Crippen molar-refractivity contribution in [3.63, 3.8) is 0 Å². The van der Waals surface area contributed by atoms with E-state index in [0.717, 1.165) is 38.7 Å². The van der Waals surface area contributed by atoms with Crippen molar-refractivity contribution in [3.05, 3.63) is 95.7 Å². The van der Waals surface area contributed by atoms with Crippen LogP contribution in [0.3, 0.4) is 0 Å². The van der Waals surface area contributed by atoms with Crippen molar-refractivity contribution in [1.82, 2.24) is 4.98 Å². The van der Waals surface area contributed by atoms with Gasteiger partial charge >= 0.3 is 0 Å². The first-order valence-electron chi connectivity index (χ1n) is 8.48. The Balaban J connectivity index is 2.03. The van der Waals surface area contributed by atoms with Crippen LogP contribution in [-0.2, 0) is 0 Å². The molecule has 4 rings (SSSR count). The monoisotopic (exact) mass is 335 g/mol. The molecule has 1 aromatic heterocycles. The van der Waals surface area contributed by atoms with Crippen LogP contribution in [0, 0.1) is 18.8 Å². The summed E-state index contributed by atoms with van der Waals surface area (Å²) in [6, 6.07) is 23.3. The van der Waals surface area contributed by atoms with Crippen molar-refractivity contribution in [2.24, 2.45) is 0 Å². The van der Waals surface area contributed by atoms with Crippen molar-refractivity contribution in [2.75, 3.05) is 0 Å². The molecule has 26 heavy (non-hydrogen) atoms. The van der Waals surface area contributed by atoms with Crippen LogP contribution in [0.25, 0.3) is 22.0 Å². The zero-order valence-electron chi connectivity index (χ0n) is 14.4. The fourth-order valence-corrected chi connectivity index (χ4v) is 3.11. The third-order valence-electron chi connectivity index (χ3n) is 4.40. The van der Waals surface area contributed by atoms with Crippen molar-refractivity contribution in [2.45, 2.75) is 6.92 Å². The molecule has 0 aliphatic carbocycles. The van der Waals surface area contributed by atoms with Crippen LogP contribution in [0.1, 0.15) is 16.7 Å². The maximum absolute atomic E-state index is 10.3. The number of rotatable bonds is 1. The quantitative estimate of drug-likeness (QED) is 0.478. The number of aromatic nitrogens is 1. The van der Waals surface area contributed by atoms with Gasteiger partial charge in [-0.15, -0.1) is 0 Å². The molecule has 2 nitrogen and oxygen atoms in total. The molecule has 0 bridgehead atoms. The SMILES string of the molecule is Cc1cccc2ncc(-c3ccccc3O)c(C#Cc3ccccc3)c12. The van der Waals surface area contributed by atoms with Gasteiger partial charge in [0, 0.05) is 33.8 Å². The molecular weight excluding hydrogens is 318 g/mol. The standard InChI is InChI=1S/C24H17NO/c1-17-8-7-12-22-24(17)20(15-14-18-9-3-2-4-10-18)21(16-25-22)19-11-5-6-13-23(19)26/h2-13,16,26H,1H3. The Kier molecular flexibility index (Phi) is 4.13. The normalized spacial score (nSPS) is 10.3. The summed E-state index contributed by atoms with van der Waals surface area (Å²) in [5.74, 6) is 6.82. The maximum Gasteiger partial charge on any atom is 0.123 e. The summed E-state index contributed by atoms with van der Waals surface area (Å²) < 4.78 is 0. The van der Waals surface area contributed by atoms with Crippen LogP contribution in [0.4, 0.5) is 0 Å². The second kappa shape index (κ2) is 6.74. The van der Waals surface area contributed by atoms with E-state index >= 15 is 0 Å². The van der Waals surface area contributed by atoms with Gasteiger partial charge in [0.1, 0.15) is 5.75 Å². The Labute approximate surface area is 152 Å². The number of benzene rings is 3. The van der Waals surface area contributed by atoms with Gasteiger partial charge in [-0.3, -0.25) is 4.98 Å². The van der Waals surface area contributed by atoms with Crippen LogP contribution in [-0.4, -0.2) is 10.1 Å². The van der Waals surface area contributed by atoms with Gasteiger partial charge in [0.25, 0.3) is 0 Å². The predicted molar refractivity (Wildman–Crippen MR) is 106 cm³/mol. The van der Waals surface area contributed by atoms with E-state index in [9.17, 15) is 5.11 Å². The molecule has 0 unspecified atom stereocenters. The zero-order valence-corrected chi connectivity index (χ0v) is 14.4. The van der Waals surface area contributed by atoms with E-state index in [1.165, 1.54) is 0 Å². The summed E-state index contributed by atoms with van der Waals surface area (Å²) in [4.78, 5) is 4.60. The second-order valence-electron chi connectivity index (χ2n) is 6.15. The molecule has 0 radical (unpaired) electrons. The first-order chi connectivity index (χ1) is 12.7. The largest absolute Gasteiger partial charge is 0.507 e. The summed E-state index contributed by atoms with van der Waals surface area (Å²) in [6.45, 7) is 2.06. The molecular formula is C24H17NO. The van der Waals surface area contributed by atoms with Crippen LogP contribution >= 0.6 is 0 Å². The molecule has 1 N–H and O–H groups in total. The highest BCUT2D eigenvalue weighted by Crippen LogP contribution is 2.34. The van der Waals surface area contributed by atoms with E-state index in [0.29, 0.717) is 0 Å². The average molecular weight is 335 g/mol. The fourth-order valence-electron chi connectivity index (χ4n) is 3.11. The van der Waals surface area contributed by atoms with Crippen molar-refractivity contribution in [1.29, 1.82) is 0 Å². The number of hydrogen-bond donors (Lipinski definition) is 1. The molecule has 0 aliphatic rings. The number of aromatic hydroxyl groups is 1. The molecule has 2 heteroatoms. The molecule has 124 valence electrons. The minimum atomic E-state index is 0.227. The Morgan fingerprint density at radius 2 is 1.54 bits per heavy atom. The lowest BCUT2D eigenvalue weighted by molar-refractivity contribution is 0.477. The lowest BCUT2D eigenvalue weighted by Gasteiger charge is -2.11. The Bertz CT molecular complexity index is 1150. The number of aryl methyl sites for hydroxylation is 1. The summed E-state index contributed by atoms with van der Waals surface area (Å²) in [5, 5.41) is 11.4. The third-order valence-corrected chi connectivity index (χ3v) is 4.40. The van der Waals surface area contributed by atoms with E-state index in [-0.39, 0.29) is 5.75 Å². The Morgan fingerprint density at radius 3 is 2.35 bits per heavy atom. The highest BCUT2D eigenvalue weighted by Gasteiger charge is 2.13. The van der Waals surface area contributed by atoms with Gasteiger partial charge in [-0.05, 0) is 36.8 Å². The number of pyridine rings is 1. The van der Waals surface area contributed by atoms with Crippen LogP contribution in [0.5, 0.6) is 5.75 Å². The summed E-state index contributed by atoms with van der Waals surface area (Å²) in [7, 11) is 0. The van der Waals surface area contributed by atoms with E-state index < -0.39 is 0 Å². The lowest BCUT2D eigenvalue weighted by Crippen LogP contribution is -1.93. The van der Waals surface area contributed by atoms with E-state index in [2.05, 4.69) is 29.8 Å². The lowest BCUT2D eigenvalue weighted by atomic mass is 9.95. The maximum atomic E-state index is 10.3. The first-order valence-corrected chi connectivity index (χ1v) is 8.48. The van der Waals surface area contributed by atoms with Gasteiger partial charge < -0.3 is 5.11 Å². The summed E-state index contributed by atoms with van der Waals surface area (Å²) >= 11 is 0. The third kappa shape index (κ3) is 2.92. The van der Waals surface area contributed by atoms with Crippen molar-refractivity contribution >= 4 is 10.9 Å². The number of fused-ring (bicyclic) bond motifs is 1. The number of nitrogens with zero attached hydrogens (tertiary/aromatic N) is 1. The first kappa shape index (κ1) is 15.9. The van der Waals surface area contributed by atoms with Gasteiger partial charge in [0.15, 0.2) is 0 Å². The Morgan fingerprint density at radius 1 is 0.769 bits per heavy atom. The molecule has 1 heterocycles. The fraction of sp³-hybridized carbons (Fsp3) is 0.0417. The van der Waals surface area contributed by atoms with Gasteiger partial charge in [-0.2, -0.15) is 0 Å². The molecule has 0 saturated carbocycles. The highest BCUT2D eigenvalue weighted by atomic mass is 16.3. The molecule has 0 fully saturated rings. The number of para-hydroxylation sites is 1. The van der Waals surface area contributed by atoms with Gasteiger partial charge in [-0.25, -0.2) is 0 Å². The molecule has 0 spiro atoms. The molecule has 0 aliphatic heterocycles. The van der Waals surface area contributed by atoms with Crippen LogP contribution in [0.2, 0.25) is 0 Å². The van der Waals surface area contributed by atoms with Gasteiger partial charge in [-0.1, -0.05) is 60.4 Å². The zero-order chi connectivity index (χ0) is 17.9. The summed E-state index contributed by atoms with van der Waals surface area (Å²) in [6.07, 6.45) is 1.80. The predicted octanol–water partition coefficient (Wildman–Crippen LogP) is 5.32. The van der Waals surface area contributed by atoms with Crippen LogP contribution in [0.15, 0.2) is 79.0 Å². The van der Waals surface area contributed by atoms with E-state index in [1.807, 2.05) is 60.7 Å². The molecule has 0 atom stereocenters. The topological polar surface area (TPSA) is 33.1 Å². The van der Waals surface area contributed by atoms with Gasteiger partial charge in [0.05, 0.1) is 5.52 Å². The van der Waals surface area contributed by atoms with E-state index in [1.54, 1.807) is 12.3 Å². The van der Waals surface area contributed by atoms with Crippen molar-refractivity contribution in [3.8, 4) is 28.7 Å². The minimum absolute atomic E-state index is 0.227. The highest BCUT2D eigenvalue weighted by molar-refractivity contribution is 5.95. The van der Waals surface area contributed by atoms with Crippen LogP contribution < -0.4 is 0 Å². The smallest absolute Gasteiger partial charge is 0.123 e. The average Bonchev–Trinajstić information content (AvgIpc) is 2.67. The van der Waals surface area contributed by atoms with Crippen molar-refractivity contribution < 1.29 is 5.11 Å². The second-order valence-corrected chi connectivity index (χ2v) is 6.15. The van der Waals surface area contributed by atoms with E-state index in [4.69, 9.17) is 0 Å². The summed E-state index contributed by atoms with van der Waals surface area (Å²) in [5.41, 5.74) is 5.44. The molecule has 4 aromatic rings. The van der Waals surface area contributed by atoms with Gasteiger partial charge in [0.2, 0.25) is 0 Å². The molecule has 0 amide bonds. The Hall–Kier alpha value is -3.57.